The highest BCUT2D eigenvalue weighted by Crippen LogP contribution is 2.50. The average Bonchev–Trinajstić information content (AvgIpc) is 3.69. The van der Waals surface area contributed by atoms with Crippen molar-refractivity contribution < 1.29 is 0 Å². The summed E-state index contributed by atoms with van der Waals surface area (Å²) in [5, 5.41) is 0. The van der Waals surface area contributed by atoms with Gasteiger partial charge in [0.2, 0.25) is 0 Å². The quantitative estimate of drug-likeness (QED) is 0.165. The van der Waals surface area contributed by atoms with Crippen LogP contribution >= 0.6 is 0 Å². The minimum Gasteiger partial charge on any atom is -0.0619 e. The molecule has 0 nitrogen and oxygen atoms in total. The lowest BCUT2D eigenvalue weighted by molar-refractivity contribution is 1.10. The fraction of sp³-hybridized carbons (Fsp3) is 0.192. The van der Waals surface area contributed by atoms with Crippen molar-refractivity contribution in [3.05, 3.63) is 199 Å². The van der Waals surface area contributed by atoms with Gasteiger partial charge in [-0.2, -0.15) is 0 Å². The predicted octanol–water partition coefficient (Wildman–Crippen LogP) is 13.2. The molecule has 52 heavy (non-hydrogen) atoms. The maximum Gasteiger partial charge on any atom is -0.000718 e. The smallest absolute Gasteiger partial charge is 0.000718 e. The molecule has 0 N–H and O–H groups in total. The van der Waals surface area contributed by atoms with Gasteiger partial charge in [0, 0.05) is 0 Å². The lowest BCUT2D eigenvalue weighted by Crippen LogP contribution is -2.04. The molecule has 7 aromatic carbocycles. The van der Waals surface area contributed by atoms with Gasteiger partial charge in [-0.05, 0) is 178 Å². The minimum absolute atomic E-state index is 0.915. The van der Waals surface area contributed by atoms with Crippen LogP contribution in [0.3, 0.4) is 0 Å². The van der Waals surface area contributed by atoms with Gasteiger partial charge in [0.15, 0.2) is 0 Å². The fourth-order valence-corrected chi connectivity index (χ4v) is 9.76. The molecule has 0 saturated carbocycles. The summed E-state index contributed by atoms with van der Waals surface area (Å²) in [6.07, 6.45) is 3.75. The molecule has 0 aliphatic heterocycles. The van der Waals surface area contributed by atoms with Crippen LogP contribution in [0.25, 0.3) is 44.5 Å². The highest BCUT2D eigenvalue weighted by atomic mass is 14.3. The van der Waals surface area contributed by atoms with Crippen molar-refractivity contribution in [1.29, 1.82) is 0 Å². The van der Waals surface area contributed by atoms with Crippen molar-refractivity contribution >= 4 is 0 Å². The van der Waals surface area contributed by atoms with E-state index in [1.54, 1.807) is 0 Å². The molecule has 0 bridgehead atoms. The Balaban J connectivity index is 1.31. The van der Waals surface area contributed by atoms with Crippen LogP contribution in [0.2, 0.25) is 0 Å². The largest absolute Gasteiger partial charge is 0.0619 e. The number of benzene rings is 7. The summed E-state index contributed by atoms with van der Waals surface area (Å²) in [5.74, 6) is 0. The van der Waals surface area contributed by atoms with Crippen molar-refractivity contribution in [2.45, 2.75) is 67.2 Å². The van der Waals surface area contributed by atoms with Gasteiger partial charge >= 0.3 is 0 Å². The molecule has 0 heteroatoms. The Bertz CT molecular complexity index is 2350. The van der Waals surface area contributed by atoms with E-state index in [9.17, 15) is 0 Å². The summed E-state index contributed by atoms with van der Waals surface area (Å²) in [6, 6.07) is 46.5. The zero-order valence-electron chi connectivity index (χ0n) is 31.4. The van der Waals surface area contributed by atoms with Gasteiger partial charge in [-0.25, -0.2) is 0 Å². The summed E-state index contributed by atoms with van der Waals surface area (Å²) in [5.41, 5.74) is 30.8. The molecular weight excluding hydrogens is 625 g/mol. The molecule has 254 valence electrons. The first-order valence-corrected chi connectivity index (χ1v) is 18.9. The minimum atomic E-state index is 0.915. The standard InChI is InChI=1S/C52H46/c1-31-23-33(3)47(34(4)24-31)29-39-19-21-43-41-15-9-7-13-37(41)27-49(43)51(39)45-17-11-12-18-46(45)52-40(30-48-35(5)25-32(2)26-36(48)6)20-22-44-42-16-10-8-14-38(42)28-50(44)52/h7-26H,27-30H2,1-6H3. The summed E-state index contributed by atoms with van der Waals surface area (Å²) in [7, 11) is 0. The number of aryl methyl sites for hydroxylation is 6. The molecular formula is C52H46. The molecule has 0 unspecified atom stereocenters. The zero-order valence-corrected chi connectivity index (χ0v) is 31.4. The van der Waals surface area contributed by atoms with Gasteiger partial charge in [-0.3, -0.25) is 0 Å². The van der Waals surface area contributed by atoms with Crippen LogP contribution in [-0.4, -0.2) is 0 Å². The maximum absolute atomic E-state index is 2.44. The highest BCUT2D eigenvalue weighted by Gasteiger charge is 2.29. The van der Waals surface area contributed by atoms with E-state index in [2.05, 4.69) is 163 Å². The second-order valence-electron chi connectivity index (χ2n) is 15.6. The Morgan fingerprint density at radius 2 is 0.712 bits per heavy atom. The topological polar surface area (TPSA) is 0 Å². The molecule has 0 aromatic heterocycles. The van der Waals surface area contributed by atoms with Crippen LogP contribution < -0.4 is 0 Å². The first-order valence-electron chi connectivity index (χ1n) is 18.9. The molecule has 0 radical (unpaired) electrons. The Labute approximate surface area is 309 Å². The Morgan fingerprint density at radius 3 is 1.10 bits per heavy atom. The van der Waals surface area contributed by atoms with Crippen LogP contribution in [0, 0.1) is 41.5 Å². The molecule has 7 aromatic rings. The molecule has 9 rings (SSSR count). The SMILES string of the molecule is Cc1cc(C)c(Cc2ccc3c(c2-c2ccccc2-c2c(Cc4c(C)cc(C)cc4C)ccc4c2Cc2ccccc2-4)Cc2ccccc2-3)c(C)c1. The third-order valence-electron chi connectivity index (χ3n) is 12.0. The molecule has 0 spiro atoms. The summed E-state index contributed by atoms with van der Waals surface area (Å²) >= 11 is 0. The van der Waals surface area contributed by atoms with E-state index in [4.69, 9.17) is 0 Å². The molecule has 2 aliphatic carbocycles. The fourth-order valence-electron chi connectivity index (χ4n) is 9.76. The van der Waals surface area contributed by atoms with Crippen molar-refractivity contribution in [1.82, 2.24) is 0 Å². The number of fused-ring (bicyclic) bond motifs is 6. The molecule has 0 heterocycles. The van der Waals surface area contributed by atoms with E-state index in [0.29, 0.717) is 0 Å². The van der Waals surface area contributed by atoms with Gasteiger partial charge in [0.1, 0.15) is 0 Å². The summed E-state index contributed by atoms with van der Waals surface area (Å²) < 4.78 is 0. The second-order valence-corrected chi connectivity index (χ2v) is 15.6. The Morgan fingerprint density at radius 1 is 0.365 bits per heavy atom. The van der Waals surface area contributed by atoms with Crippen LogP contribution in [-0.2, 0) is 25.7 Å². The van der Waals surface area contributed by atoms with E-state index in [-0.39, 0.29) is 0 Å². The third-order valence-corrected chi connectivity index (χ3v) is 12.0. The van der Waals surface area contributed by atoms with Gasteiger partial charge in [-0.1, -0.05) is 132 Å². The van der Waals surface area contributed by atoms with E-state index in [1.165, 1.54) is 122 Å². The lowest BCUT2D eigenvalue weighted by Gasteiger charge is -2.23. The van der Waals surface area contributed by atoms with E-state index in [0.717, 1.165) is 25.7 Å². The monoisotopic (exact) mass is 670 g/mol. The highest BCUT2D eigenvalue weighted by molar-refractivity contribution is 5.96. The van der Waals surface area contributed by atoms with Gasteiger partial charge in [0.05, 0.1) is 0 Å². The lowest BCUT2D eigenvalue weighted by atomic mass is 9.80. The second kappa shape index (κ2) is 12.6. The van der Waals surface area contributed by atoms with E-state index >= 15 is 0 Å². The molecule has 2 aliphatic rings. The Hall–Kier alpha value is -5.46. The Kier molecular flexibility index (Phi) is 7.89. The molecule has 0 saturated heterocycles. The normalized spacial score (nSPS) is 12.4. The van der Waals surface area contributed by atoms with E-state index < -0.39 is 0 Å². The van der Waals surface area contributed by atoms with Gasteiger partial charge in [0.25, 0.3) is 0 Å². The molecule has 0 amide bonds. The van der Waals surface area contributed by atoms with E-state index in [1.807, 2.05) is 0 Å². The van der Waals surface area contributed by atoms with Crippen molar-refractivity contribution in [3.63, 3.8) is 0 Å². The van der Waals surface area contributed by atoms with Crippen LogP contribution in [0.5, 0.6) is 0 Å². The summed E-state index contributed by atoms with van der Waals surface area (Å²) in [6.45, 7) is 13.6. The number of hydrogen-bond donors (Lipinski definition) is 0. The first kappa shape index (κ1) is 32.4. The maximum atomic E-state index is 2.44. The number of hydrogen-bond acceptors (Lipinski definition) is 0. The molecule has 0 atom stereocenters. The van der Waals surface area contributed by atoms with Crippen molar-refractivity contribution in [3.8, 4) is 44.5 Å². The molecule has 0 fully saturated rings. The summed E-state index contributed by atoms with van der Waals surface area (Å²) in [4.78, 5) is 0. The first-order chi connectivity index (χ1) is 25.2. The third kappa shape index (κ3) is 5.36. The van der Waals surface area contributed by atoms with Crippen molar-refractivity contribution in [2.24, 2.45) is 0 Å². The van der Waals surface area contributed by atoms with Crippen molar-refractivity contribution in [2.75, 3.05) is 0 Å². The van der Waals surface area contributed by atoms with Crippen LogP contribution in [0.4, 0.5) is 0 Å². The van der Waals surface area contributed by atoms with Crippen LogP contribution in [0.1, 0.15) is 77.9 Å². The van der Waals surface area contributed by atoms with Crippen LogP contribution in [0.15, 0.2) is 121 Å². The zero-order chi connectivity index (χ0) is 35.7. The van der Waals surface area contributed by atoms with Gasteiger partial charge < -0.3 is 0 Å². The van der Waals surface area contributed by atoms with Gasteiger partial charge in [-0.15, -0.1) is 0 Å². The predicted molar refractivity (Wildman–Crippen MR) is 221 cm³/mol. The average molecular weight is 671 g/mol. The number of rotatable bonds is 6.